The summed E-state index contributed by atoms with van der Waals surface area (Å²) in [5.74, 6) is 2.66. The summed E-state index contributed by atoms with van der Waals surface area (Å²) in [6.45, 7) is 0.623. The molecule has 0 radical (unpaired) electrons. The molecule has 3 aromatic rings. The molecule has 0 N–H and O–H groups in total. The van der Waals surface area contributed by atoms with Crippen LogP contribution < -0.4 is 14.2 Å². The standard InChI is InChI=1S/C22H23N3O5/c1-27-16-9-6-14(7-10-16)20-23-21(30-24-20)17-5-4-12-25(17)22(26)15-8-11-18(28-2)19(13-15)29-3/h6-11,13,17H,4-5,12H2,1-3H3/t17-/m0/s1. The molecule has 0 saturated carbocycles. The number of hydrogen-bond acceptors (Lipinski definition) is 7. The molecule has 1 saturated heterocycles. The van der Waals surface area contributed by atoms with Gasteiger partial charge in [0.25, 0.3) is 5.91 Å². The smallest absolute Gasteiger partial charge is 0.254 e. The molecule has 2 aromatic carbocycles. The molecule has 30 heavy (non-hydrogen) atoms. The number of hydrogen-bond donors (Lipinski definition) is 0. The predicted octanol–water partition coefficient (Wildman–Crippen LogP) is 3.74. The normalized spacial score (nSPS) is 15.8. The Kier molecular flexibility index (Phi) is 5.56. The highest BCUT2D eigenvalue weighted by molar-refractivity contribution is 5.95. The highest BCUT2D eigenvalue weighted by Gasteiger charge is 2.35. The molecule has 1 aliphatic heterocycles. The molecule has 1 aromatic heterocycles. The van der Waals surface area contributed by atoms with E-state index in [-0.39, 0.29) is 11.9 Å². The zero-order chi connectivity index (χ0) is 21.1. The van der Waals surface area contributed by atoms with E-state index in [1.807, 2.05) is 24.3 Å². The summed E-state index contributed by atoms with van der Waals surface area (Å²) in [5.41, 5.74) is 1.34. The molecule has 4 rings (SSSR count). The summed E-state index contributed by atoms with van der Waals surface area (Å²) in [6, 6.07) is 12.3. The zero-order valence-corrected chi connectivity index (χ0v) is 17.1. The predicted molar refractivity (Wildman–Crippen MR) is 109 cm³/mol. The molecule has 8 nitrogen and oxygen atoms in total. The molecule has 156 valence electrons. The Labute approximate surface area is 174 Å². The number of methoxy groups -OCH3 is 3. The van der Waals surface area contributed by atoms with Gasteiger partial charge in [0, 0.05) is 17.7 Å². The fraction of sp³-hybridized carbons (Fsp3) is 0.318. The highest BCUT2D eigenvalue weighted by Crippen LogP contribution is 2.35. The average molecular weight is 409 g/mol. The van der Waals surface area contributed by atoms with Gasteiger partial charge in [-0.05, 0) is 55.3 Å². The SMILES string of the molecule is COc1ccc(-c2noc([C@@H]3CCCN3C(=O)c3ccc(OC)c(OC)c3)n2)cc1. The van der Waals surface area contributed by atoms with Gasteiger partial charge in [-0.1, -0.05) is 5.16 Å². The van der Waals surface area contributed by atoms with E-state index in [4.69, 9.17) is 18.7 Å². The van der Waals surface area contributed by atoms with Crippen LogP contribution in [0.3, 0.4) is 0 Å². The van der Waals surface area contributed by atoms with Gasteiger partial charge in [-0.25, -0.2) is 0 Å². The van der Waals surface area contributed by atoms with E-state index in [9.17, 15) is 4.79 Å². The zero-order valence-electron chi connectivity index (χ0n) is 17.1. The molecular formula is C22H23N3O5. The fourth-order valence-electron chi connectivity index (χ4n) is 3.63. The van der Waals surface area contributed by atoms with Gasteiger partial charge in [-0.2, -0.15) is 4.98 Å². The molecule has 1 amide bonds. The van der Waals surface area contributed by atoms with Crippen molar-refractivity contribution in [2.45, 2.75) is 18.9 Å². The van der Waals surface area contributed by atoms with Gasteiger partial charge in [-0.15, -0.1) is 0 Å². The number of nitrogens with zero attached hydrogens (tertiary/aromatic N) is 3. The van der Waals surface area contributed by atoms with Crippen LogP contribution in [0.25, 0.3) is 11.4 Å². The number of ether oxygens (including phenoxy) is 3. The molecule has 1 atom stereocenters. The van der Waals surface area contributed by atoms with Crippen molar-refractivity contribution in [3.8, 4) is 28.6 Å². The lowest BCUT2D eigenvalue weighted by Gasteiger charge is -2.22. The van der Waals surface area contributed by atoms with E-state index in [2.05, 4.69) is 10.1 Å². The lowest BCUT2D eigenvalue weighted by Crippen LogP contribution is -2.30. The van der Waals surface area contributed by atoms with Gasteiger partial charge in [0.15, 0.2) is 11.5 Å². The minimum atomic E-state index is -0.259. The van der Waals surface area contributed by atoms with E-state index in [1.165, 1.54) is 0 Å². The molecule has 0 bridgehead atoms. The number of rotatable bonds is 6. The second kappa shape index (κ2) is 8.44. The Morgan fingerprint density at radius 1 is 1.03 bits per heavy atom. The summed E-state index contributed by atoms with van der Waals surface area (Å²) in [6.07, 6.45) is 1.63. The first-order valence-corrected chi connectivity index (χ1v) is 9.65. The Bertz CT molecular complexity index is 1030. The third-order valence-corrected chi connectivity index (χ3v) is 5.22. The summed E-state index contributed by atoms with van der Waals surface area (Å²) in [7, 11) is 4.72. The minimum Gasteiger partial charge on any atom is -0.497 e. The molecule has 8 heteroatoms. The van der Waals surface area contributed by atoms with Crippen molar-refractivity contribution in [1.82, 2.24) is 15.0 Å². The monoisotopic (exact) mass is 409 g/mol. The summed E-state index contributed by atoms with van der Waals surface area (Å²) in [4.78, 5) is 19.5. The maximum atomic E-state index is 13.2. The van der Waals surface area contributed by atoms with Crippen LogP contribution in [0, 0.1) is 0 Å². The van der Waals surface area contributed by atoms with Gasteiger partial charge in [0.1, 0.15) is 11.8 Å². The first-order chi connectivity index (χ1) is 14.6. The summed E-state index contributed by atoms with van der Waals surface area (Å²) >= 11 is 0. The molecular weight excluding hydrogens is 386 g/mol. The topological polar surface area (TPSA) is 86.9 Å². The molecule has 1 aliphatic rings. The molecule has 0 unspecified atom stereocenters. The van der Waals surface area contributed by atoms with Crippen molar-refractivity contribution in [3.05, 3.63) is 53.9 Å². The van der Waals surface area contributed by atoms with Crippen LogP contribution in [0.4, 0.5) is 0 Å². The lowest BCUT2D eigenvalue weighted by atomic mass is 10.1. The third kappa shape index (κ3) is 3.68. The van der Waals surface area contributed by atoms with E-state index in [1.54, 1.807) is 44.4 Å². The fourth-order valence-corrected chi connectivity index (χ4v) is 3.63. The van der Waals surface area contributed by atoms with Crippen LogP contribution in [0.5, 0.6) is 17.2 Å². The van der Waals surface area contributed by atoms with Crippen LogP contribution in [0.15, 0.2) is 47.0 Å². The van der Waals surface area contributed by atoms with E-state index < -0.39 is 0 Å². The van der Waals surface area contributed by atoms with Crippen molar-refractivity contribution in [1.29, 1.82) is 0 Å². The Hall–Kier alpha value is -3.55. The summed E-state index contributed by atoms with van der Waals surface area (Å²) in [5, 5.41) is 4.10. The van der Waals surface area contributed by atoms with Crippen molar-refractivity contribution in [3.63, 3.8) is 0 Å². The number of benzene rings is 2. The molecule has 1 fully saturated rings. The average Bonchev–Trinajstić information content (AvgIpc) is 3.47. The van der Waals surface area contributed by atoms with E-state index in [0.29, 0.717) is 35.3 Å². The van der Waals surface area contributed by atoms with E-state index in [0.717, 1.165) is 24.2 Å². The lowest BCUT2D eigenvalue weighted by molar-refractivity contribution is 0.0709. The van der Waals surface area contributed by atoms with Crippen molar-refractivity contribution >= 4 is 5.91 Å². The van der Waals surface area contributed by atoms with Gasteiger partial charge >= 0.3 is 0 Å². The van der Waals surface area contributed by atoms with Gasteiger partial charge in [0.05, 0.1) is 21.3 Å². The molecule has 0 spiro atoms. The van der Waals surface area contributed by atoms with Crippen molar-refractivity contribution < 1.29 is 23.5 Å². The molecule has 2 heterocycles. The number of aromatic nitrogens is 2. The number of carbonyl (C=O) groups is 1. The second-order valence-corrected chi connectivity index (χ2v) is 6.91. The van der Waals surface area contributed by atoms with Gasteiger partial charge < -0.3 is 23.6 Å². The number of amides is 1. The van der Waals surface area contributed by atoms with Crippen LogP contribution >= 0.6 is 0 Å². The number of carbonyl (C=O) groups excluding carboxylic acids is 1. The maximum absolute atomic E-state index is 13.2. The quantitative estimate of drug-likeness (QED) is 0.613. The first kappa shape index (κ1) is 19.8. The van der Waals surface area contributed by atoms with Gasteiger partial charge in [-0.3, -0.25) is 4.79 Å². The molecule has 0 aliphatic carbocycles. The number of likely N-dealkylation sites (tertiary alicyclic amines) is 1. The Morgan fingerprint density at radius 2 is 1.80 bits per heavy atom. The Balaban J connectivity index is 1.56. The summed E-state index contributed by atoms with van der Waals surface area (Å²) < 4.78 is 21.3. The first-order valence-electron chi connectivity index (χ1n) is 9.65. The minimum absolute atomic E-state index is 0.109. The van der Waals surface area contributed by atoms with Crippen molar-refractivity contribution in [2.75, 3.05) is 27.9 Å². The van der Waals surface area contributed by atoms with Gasteiger partial charge in [0.2, 0.25) is 11.7 Å². The maximum Gasteiger partial charge on any atom is 0.254 e. The largest absolute Gasteiger partial charge is 0.497 e. The van der Waals surface area contributed by atoms with Crippen LogP contribution in [0.1, 0.15) is 35.1 Å². The van der Waals surface area contributed by atoms with Crippen molar-refractivity contribution in [2.24, 2.45) is 0 Å². The third-order valence-electron chi connectivity index (χ3n) is 5.22. The van der Waals surface area contributed by atoms with E-state index >= 15 is 0 Å². The van der Waals surface area contributed by atoms with Crippen LogP contribution in [0.2, 0.25) is 0 Å². The highest BCUT2D eigenvalue weighted by atomic mass is 16.5. The van der Waals surface area contributed by atoms with Crippen LogP contribution in [-0.2, 0) is 0 Å². The van der Waals surface area contributed by atoms with Crippen LogP contribution in [-0.4, -0.2) is 48.8 Å². The Morgan fingerprint density at radius 3 is 2.50 bits per heavy atom. The second-order valence-electron chi connectivity index (χ2n) is 6.91.